The molecular formula is C19H17ClN2O2. The predicted molar refractivity (Wildman–Crippen MR) is 95.2 cm³/mol. The zero-order valence-electron chi connectivity index (χ0n) is 13.1. The quantitative estimate of drug-likeness (QED) is 0.686. The number of nitrogen functional groups attached to an aromatic ring is 1. The number of piperidine rings is 1. The van der Waals surface area contributed by atoms with Gasteiger partial charge in [-0.1, -0.05) is 35.9 Å². The van der Waals surface area contributed by atoms with Crippen molar-refractivity contribution in [3.8, 4) is 0 Å². The number of carbonyl (C=O) groups excluding carboxylic acids is 2. The van der Waals surface area contributed by atoms with E-state index in [2.05, 4.69) is 4.90 Å². The fraction of sp³-hybridized carbons (Fsp3) is 0.263. The fourth-order valence-electron chi connectivity index (χ4n) is 3.65. The van der Waals surface area contributed by atoms with Crippen LogP contribution < -0.4 is 10.6 Å². The van der Waals surface area contributed by atoms with E-state index in [9.17, 15) is 9.59 Å². The molecule has 0 spiro atoms. The minimum Gasteiger partial charge on any atom is -0.397 e. The van der Waals surface area contributed by atoms with Gasteiger partial charge in [0.2, 0.25) is 0 Å². The highest BCUT2D eigenvalue weighted by molar-refractivity contribution is 6.38. The number of rotatable bonds is 1. The first-order valence-corrected chi connectivity index (χ1v) is 8.52. The molecule has 0 atom stereocenters. The highest BCUT2D eigenvalue weighted by Gasteiger charge is 2.35. The minimum atomic E-state index is -0.224. The van der Waals surface area contributed by atoms with E-state index in [0.717, 1.165) is 31.6 Å². The molecule has 1 heterocycles. The summed E-state index contributed by atoms with van der Waals surface area (Å²) in [5.41, 5.74) is 8.51. The first kappa shape index (κ1) is 15.2. The average molecular weight is 341 g/mol. The maximum absolute atomic E-state index is 13.1. The van der Waals surface area contributed by atoms with Crippen LogP contribution in [0.3, 0.4) is 0 Å². The number of nitrogens with zero attached hydrogens (tertiary/aromatic N) is 1. The third kappa shape index (κ3) is 2.13. The molecule has 0 radical (unpaired) electrons. The van der Waals surface area contributed by atoms with Crippen molar-refractivity contribution in [3.05, 3.63) is 57.6 Å². The number of hydrogen-bond donors (Lipinski definition) is 1. The van der Waals surface area contributed by atoms with Crippen LogP contribution in [-0.4, -0.2) is 24.7 Å². The van der Waals surface area contributed by atoms with Crippen LogP contribution in [0.5, 0.6) is 0 Å². The molecule has 0 aromatic heterocycles. The Bertz CT molecular complexity index is 870. The molecule has 1 aliphatic carbocycles. The Hall–Kier alpha value is -2.33. The van der Waals surface area contributed by atoms with Crippen LogP contribution >= 0.6 is 11.6 Å². The van der Waals surface area contributed by atoms with Gasteiger partial charge in [0.1, 0.15) is 0 Å². The SMILES string of the molecule is Nc1c(Cl)cc(N2CCCCC2)c2c1C(=O)c1ccccc1C2=O. The lowest BCUT2D eigenvalue weighted by Gasteiger charge is -2.33. The molecule has 2 aromatic rings. The molecule has 4 nitrogen and oxygen atoms in total. The van der Waals surface area contributed by atoms with Crippen LogP contribution in [0.2, 0.25) is 5.02 Å². The van der Waals surface area contributed by atoms with Crippen molar-refractivity contribution >= 4 is 34.5 Å². The molecule has 2 aliphatic rings. The van der Waals surface area contributed by atoms with Crippen LogP contribution in [0.15, 0.2) is 30.3 Å². The standard InChI is InChI=1S/C19H17ClN2O2/c20-13-10-14(22-8-4-1-5-9-22)15-16(17(13)21)19(24)12-7-3-2-6-11(12)18(15)23/h2-3,6-7,10H,1,4-5,8-9,21H2. The van der Waals surface area contributed by atoms with Gasteiger partial charge in [0.05, 0.1) is 27.5 Å². The first-order valence-electron chi connectivity index (χ1n) is 8.15. The summed E-state index contributed by atoms with van der Waals surface area (Å²) in [5, 5.41) is 0.329. The van der Waals surface area contributed by atoms with E-state index in [0.29, 0.717) is 21.7 Å². The van der Waals surface area contributed by atoms with Crippen molar-refractivity contribution in [2.45, 2.75) is 19.3 Å². The number of benzene rings is 2. The van der Waals surface area contributed by atoms with Crippen LogP contribution in [0.4, 0.5) is 11.4 Å². The summed E-state index contributed by atoms with van der Waals surface area (Å²) in [7, 11) is 0. The van der Waals surface area contributed by atoms with Crippen LogP contribution in [0.1, 0.15) is 51.1 Å². The minimum absolute atomic E-state index is 0.149. The Kier molecular flexibility index (Phi) is 3.57. The molecular weight excluding hydrogens is 324 g/mol. The molecule has 1 saturated heterocycles. The summed E-state index contributed by atoms with van der Waals surface area (Å²) in [4.78, 5) is 28.2. The molecule has 0 saturated carbocycles. The van der Waals surface area contributed by atoms with Crippen molar-refractivity contribution in [2.24, 2.45) is 0 Å². The van der Waals surface area contributed by atoms with Gasteiger partial charge in [-0.2, -0.15) is 0 Å². The topological polar surface area (TPSA) is 63.4 Å². The maximum Gasteiger partial charge on any atom is 0.196 e. The zero-order valence-corrected chi connectivity index (χ0v) is 13.9. The van der Waals surface area contributed by atoms with E-state index in [1.807, 2.05) is 0 Å². The lowest BCUT2D eigenvalue weighted by molar-refractivity contribution is 0.0980. The first-order chi connectivity index (χ1) is 11.6. The van der Waals surface area contributed by atoms with Crippen molar-refractivity contribution < 1.29 is 9.59 Å². The molecule has 4 rings (SSSR count). The van der Waals surface area contributed by atoms with Gasteiger partial charge in [0.25, 0.3) is 0 Å². The molecule has 0 amide bonds. The van der Waals surface area contributed by atoms with E-state index in [1.165, 1.54) is 6.42 Å². The third-order valence-electron chi connectivity index (χ3n) is 4.86. The molecule has 1 aliphatic heterocycles. The van der Waals surface area contributed by atoms with Crippen LogP contribution in [0, 0.1) is 0 Å². The zero-order chi connectivity index (χ0) is 16.8. The molecule has 2 aromatic carbocycles. The number of nitrogens with two attached hydrogens (primary N) is 1. The summed E-state index contributed by atoms with van der Waals surface area (Å²) in [6.07, 6.45) is 3.31. The van der Waals surface area contributed by atoms with Crippen LogP contribution in [-0.2, 0) is 0 Å². The van der Waals surface area contributed by atoms with Crippen molar-refractivity contribution in [1.82, 2.24) is 0 Å². The van der Waals surface area contributed by atoms with Gasteiger partial charge in [0, 0.05) is 24.2 Å². The highest BCUT2D eigenvalue weighted by atomic mass is 35.5. The monoisotopic (exact) mass is 340 g/mol. The number of ketones is 2. The second kappa shape index (κ2) is 5.64. The average Bonchev–Trinajstić information content (AvgIpc) is 2.62. The molecule has 5 heteroatoms. The van der Waals surface area contributed by atoms with Gasteiger partial charge >= 0.3 is 0 Å². The molecule has 122 valence electrons. The van der Waals surface area contributed by atoms with E-state index < -0.39 is 0 Å². The normalized spacial score (nSPS) is 16.8. The van der Waals surface area contributed by atoms with Crippen molar-refractivity contribution in [2.75, 3.05) is 23.7 Å². The van der Waals surface area contributed by atoms with Gasteiger partial charge in [-0.3, -0.25) is 9.59 Å². The van der Waals surface area contributed by atoms with Gasteiger partial charge in [-0.25, -0.2) is 0 Å². The van der Waals surface area contributed by atoms with Gasteiger partial charge in [-0.05, 0) is 25.3 Å². The Morgan fingerprint density at radius 2 is 1.50 bits per heavy atom. The highest BCUT2D eigenvalue weighted by Crippen LogP contribution is 2.41. The number of hydrogen-bond acceptors (Lipinski definition) is 4. The maximum atomic E-state index is 13.1. The van der Waals surface area contributed by atoms with E-state index >= 15 is 0 Å². The van der Waals surface area contributed by atoms with Crippen molar-refractivity contribution in [1.29, 1.82) is 0 Å². The summed E-state index contributed by atoms with van der Waals surface area (Å²) in [6, 6.07) is 8.62. The number of halogens is 1. The van der Waals surface area contributed by atoms with E-state index in [1.54, 1.807) is 30.3 Å². The summed E-state index contributed by atoms with van der Waals surface area (Å²) >= 11 is 6.29. The summed E-state index contributed by atoms with van der Waals surface area (Å²) < 4.78 is 0. The molecule has 1 fully saturated rings. The lowest BCUT2D eigenvalue weighted by Crippen LogP contribution is -2.33. The fourth-order valence-corrected chi connectivity index (χ4v) is 3.85. The van der Waals surface area contributed by atoms with Crippen molar-refractivity contribution in [3.63, 3.8) is 0 Å². The van der Waals surface area contributed by atoms with Gasteiger partial charge in [0.15, 0.2) is 11.6 Å². The molecule has 0 bridgehead atoms. The number of fused-ring (bicyclic) bond motifs is 2. The van der Waals surface area contributed by atoms with Gasteiger partial charge < -0.3 is 10.6 Å². The molecule has 0 unspecified atom stereocenters. The van der Waals surface area contributed by atoms with Crippen LogP contribution in [0.25, 0.3) is 0 Å². The lowest BCUT2D eigenvalue weighted by atomic mass is 9.82. The second-order valence-electron chi connectivity index (χ2n) is 6.29. The largest absolute Gasteiger partial charge is 0.397 e. The number of carbonyl (C=O) groups is 2. The predicted octanol–water partition coefficient (Wildman–Crippen LogP) is 3.69. The summed E-state index contributed by atoms with van der Waals surface area (Å²) in [6.45, 7) is 1.71. The molecule has 24 heavy (non-hydrogen) atoms. The second-order valence-corrected chi connectivity index (χ2v) is 6.70. The summed E-state index contributed by atoms with van der Waals surface area (Å²) in [5.74, 6) is -0.373. The third-order valence-corrected chi connectivity index (χ3v) is 5.18. The van der Waals surface area contributed by atoms with E-state index in [4.69, 9.17) is 17.3 Å². The number of anilines is 2. The van der Waals surface area contributed by atoms with E-state index in [-0.39, 0.29) is 22.8 Å². The van der Waals surface area contributed by atoms with Gasteiger partial charge in [-0.15, -0.1) is 0 Å². The smallest absolute Gasteiger partial charge is 0.196 e. The Morgan fingerprint density at radius 3 is 2.12 bits per heavy atom. The Balaban J connectivity index is 1.98. The Morgan fingerprint density at radius 1 is 0.917 bits per heavy atom. The molecule has 2 N–H and O–H groups in total. The Labute approximate surface area is 145 Å².